The molecule has 0 atom stereocenters. The largest absolute Gasteiger partial charge is 0.466 e. The number of hydrogen-bond acceptors (Lipinski definition) is 6. The van der Waals surface area contributed by atoms with E-state index < -0.39 is 5.60 Å². The third kappa shape index (κ3) is 11.5. The van der Waals surface area contributed by atoms with Crippen LogP contribution < -0.4 is 0 Å². The molecule has 1 spiro atoms. The maximum atomic E-state index is 12.0. The molecule has 2 heterocycles. The van der Waals surface area contributed by atoms with Gasteiger partial charge >= 0.3 is 6.09 Å². The van der Waals surface area contributed by atoms with Crippen molar-refractivity contribution in [3.05, 3.63) is 72.3 Å². The summed E-state index contributed by atoms with van der Waals surface area (Å²) in [6.45, 7) is 11.7. The summed E-state index contributed by atoms with van der Waals surface area (Å²) in [4.78, 5) is 37.2. The number of carbonyl (C=O) groups is 3. The lowest BCUT2D eigenvalue weighted by Crippen LogP contribution is -2.60. The van der Waals surface area contributed by atoms with Crippen molar-refractivity contribution in [1.29, 1.82) is 0 Å². The van der Waals surface area contributed by atoms with Crippen molar-refractivity contribution in [1.82, 2.24) is 14.7 Å². The molecule has 8 heteroatoms. The number of hydrogen-bond donors (Lipinski definition) is 0. The first-order chi connectivity index (χ1) is 17.7. The summed E-state index contributed by atoms with van der Waals surface area (Å²) in [7, 11) is 1.61. The number of carbonyl (C=O) groups excluding carboxylic acids is 3. The minimum absolute atomic E-state index is 0.167. The van der Waals surface area contributed by atoms with Gasteiger partial charge in [-0.2, -0.15) is 0 Å². The zero-order valence-electron chi connectivity index (χ0n) is 22.5. The molecule has 4 rings (SSSR count). The Morgan fingerprint density at radius 2 is 1.54 bits per heavy atom. The van der Waals surface area contributed by atoms with Gasteiger partial charge in [-0.15, -0.1) is 0 Å². The first-order valence-electron chi connectivity index (χ1n) is 12.6. The molecular weight excluding hydrogens is 470 g/mol. The van der Waals surface area contributed by atoms with Gasteiger partial charge in [0.25, 0.3) is 6.47 Å². The summed E-state index contributed by atoms with van der Waals surface area (Å²) in [5.41, 5.74) is 1.25. The van der Waals surface area contributed by atoms with Crippen LogP contribution in [0.2, 0.25) is 0 Å². The number of amides is 2. The minimum Gasteiger partial charge on any atom is -0.466 e. The Morgan fingerprint density at radius 3 is 2.05 bits per heavy atom. The molecule has 0 aromatic heterocycles. The second-order valence-electron chi connectivity index (χ2n) is 10.5. The van der Waals surface area contributed by atoms with E-state index in [1.807, 2.05) is 62.1 Å². The summed E-state index contributed by atoms with van der Waals surface area (Å²) in [6.07, 6.45) is 1.69. The summed E-state index contributed by atoms with van der Waals surface area (Å²) in [5, 5.41) is 0. The SMILES string of the molecule is CC(C)(C)OC(=O)N1CC2(CCN(Cc3ccccc3)C2)C1.CN(C=O)CCOC=O.c1ccccc1. The number of likely N-dealkylation sites (N-methyl/N-ethyl adjacent to an activating group) is 1. The van der Waals surface area contributed by atoms with E-state index in [4.69, 9.17) is 4.74 Å². The van der Waals surface area contributed by atoms with E-state index in [-0.39, 0.29) is 12.7 Å². The molecule has 2 saturated heterocycles. The van der Waals surface area contributed by atoms with Crippen molar-refractivity contribution < 1.29 is 23.9 Å². The van der Waals surface area contributed by atoms with E-state index in [2.05, 4.69) is 40.0 Å². The van der Waals surface area contributed by atoms with Crippen LogP contribution in [0.15, 0.2) is 66.7 Å². The lowest BCUT2D eigenvalue weighted by atomic mass is 9.79. The Labute approximate surface area is 221 Å². The van der Waals surface area contributed by atoms with Crippen LogP contribution in [0.4, 0.5) is 4.79 Å². The molecule has 0 saturated carbocycles. The molecular formula is C29H41N3O5. The molecule has 2 amide bonds. The topological polar surface area (TPSA) is 79.4 Å². The second-order valence-corrected chi connectivity index (χ2v) is 10.5. The Balaban J connectivity index is 0.000000263. The average Bonchev–Trinajstić information content (AvgIpc) is 3.29. The lowest BCUT2D eigenvalue weighted by molar-refractivity contribution is -0.130. The zero-order valence-corrected chi connectivity index (χ0v) is 22.5. The first-order valence-corrected chi connectivity index (χ1v) is 12.6. The highest BCUT2D eigenvalue weighted by molar-refractivity contribution is 5.69. The van der Waals surface area contributed by atoms with Gasteiger partial charge in [0, 0.05) is 38.6 Å². The fourth-order valence-electron chi connectivity index (χ4n) is 4.16. The Kier molecular flexibility index (Phi) is 12.1. The third-order valence-electron chi connectivity index (χ3n) is 5.95. The number of benzene rings is 2. The maximum absolute atomic E-state index is 12.0. The van der Waals surface area contributed by atoms with E-state index in [0.717, 1.165) is 32.7 Å². The normalized spacial score (nSPS) is 15.7. The van der Waals surface area contributed by atoms with Gasteiger partial charge in [0.1, 0.15) is 12.2 Å². The van der Waals surface area contributed by atoms with Crippen LogP contribution in [0.5, 0.6) is 0 Å². The van der Waals surface area contributed by atoms with E-state index in [9.17, 15) is 14.4 Å². The van der Waals surface area contributed by atoms with Crippen molar-refractivity contribution in [2.45, 2.75) is 39.3 Å². The van der Waals surface area contributed by atoms with Crippen LogP contribution in [-0.2, 0) is 25.6 Å². The van der Waals surface area contributed by atoms with Crippen molar-refractivity contribution in [3.63, 3.8) is 0 Å². The van der Waals surface area contributed by atoms with Crippen LogP contribution in [-0.4, -0.2) is 85.7 Å². The molecule has 2 aliphatic rings. The molecule has 2 aromatic carbocycles. The quantitative estimate of drug-likeness (QED) is 0.412. The van der Waals surface area contributed by atoms with Gasteiger partial charge in [-0.3, -0.25) is 14.5 Å². The van der Waals surface area contributed by atoms with Crippen molar-refractivity contribution in [3.8, 4) is 0 Å². The molecule has 2 aromatic rings. The monoisotopic (exact) mass is 511 g/mol. The highest BCUT2D eigenvalue weighted by atomic mass is 16.6. The second kappa shape index (κ2) is 15.0. The van der Waals surface area contributed by atoms with Crippen LogP contribution in [0.25, 0.3) is 0 Å². The van der Waals surface area contributed by atoms with Crippen molar-refractivity contribution >= 4 is 19.0 Å². The smallest absolute Gasteiger partial charge is 0.410 e. The van der Waals surface area contributed by atoms with Crippen LogP contribution in [0, 0.1) is 5.41 Å². The van der Waals surface area contributed by atoms with E-state index >= 15 is 0 Å². The lowest BCUT2D eigenvalue weighted by Gasteiger charge is -2.47. The van der Waals surface area contributed by atoms with Crippen LogP contribution >= 0.6 is 0 Å². The fraction of sp³-hybridized carbons (Fsp3) is 0.483. The summed E-state index contributed by atoms with van der Waals surface area (Å²) >= 11 is 0. The van der Waals surface area contributed by atoms with Crippen molar-refractivity contribution in [2.24, 2.45) is 5.41 Å². The zero-order chi connectivity index (χ0) is 27.2. The van der Waals surface area contributed by atoms with Gasteiger partial charge in [-0.05, 0) is 39.3 Å². The predicted molar refractivity (Wildman–Crippen MR) is 144 cm³/mol. The summed E-state index contributed by atoms with van der Waals surface area (Å²) < 4.78 is 9.77. The summed E-state index contributed by atoms with van der Waals surface area (Å²) in [6, 6.07) is 22.6. The Bertz CT molecular complexity index is 901. The standard InChI is InChI=1S/C18H26N2O2.C6H6.C5H9NO3/c1-17(2,3)22-16(21)20-13-18(14-20)9-10-19(12-18)11-15-7-5-4-6-8-15;1-2-4-6-5-3-1;1-6(4-7)2-3-9-5-8/h4-8H,9-14H2,1-3H3;1-6H;4-5H,2-3H2,1H3. The van der Waals surface area contributed by atoms with Crippen molar-refractivity contribution in [2.75, 3.05) is 46.4 Å². The van der Waals surface area contributed by atoms with E-state index in [1.54, 1.807) is 7.05 Å². The minimum atomic E-state index is -0.408. The van der Waals surface area contributed by atoms with Gasteiger partial charge in [0.2, 0.25) is 6.41 Å². The van der Waals surface area contributed by atoms with E-state index in [1.165, 1.54) is 16.9 Å². The number of rotatable bonds is 7. The van der Waals surface area contributed by atoms with Gasteiger partial charge in [0.05, 0.1) is 6.54 Å². The van der Waals surface area contributed by atoms with Gasteiger partial charge < -0.3 is 19.3 Å². The predicted octanol–water partition coefficient (Wildman–Crippen LogP) is 4.06. The number of likely N-dealkylation sites (tertiary alicyclic amines) is 2. The van der Waals surface area contributed by atoms with Gasteiger partial charge in [-0.1, -0.05) is 66.7 Å². The molecule has 0 N–H and O–H groups in total. The molecule has 2 fully saturated rings. The van der Waals surface area contributed by atoms with Gasteiger partial charge in [-0.25, -0.2) is 4.79 Å². The third-order valence-corrected chi connectivity index (χ3v) is 5.95. The Morgan fingerprint density at radius 1 is 0.973 bits per heavy atom. The molecule has 0 radical (unpaired) electrons. The molecule has 0 unspecified atom stereocenters. The summed E-state index contributed by atoms with van der Waals surface area (Å²) in [5.74, 6) is 0. The molecule has 0 aliphatic carbocycles. The molecule has 37 heavy (non-hydrogen) atoms. The van der Waals surface area contributed by atoms with Crippen LogP contribution in [0.1, 0.15) is 32.8 Å². The van der Waals surface area contributed by atoms with E-state index in [0.29, 0.717) is 24.8 Å². The molecule has 202 valence electrons. The Hall–Kier alpha value is -3.39. The molecule has 2 aliphatic heterocycles. The fourth-order valence-corrected chi connectivity index (χ4v) is 4.16. The first kappa shape index (κ1) is 29.8. The number of nitrogens with zero attached hydrogens (tertiary/aromatic N) is 3. The molecule has 0 bridgehead atoms. The van der Waals surface area contributed by atoms with Gasteiger partial charge in [0.15, 0.2) is 0 Å². The maximum Gasteiger partial charge on any atom is 0.410 e. The van der Waals surface area contributed by atoms with Crippen LogP contribution in [0.3, 0.4) is 0 Å². The average molecular weight is 512 g/mol. The molecule has 8 nitrogen and oxygen atoms in total. The highest BCUT2D eigenvalue weighted by Crippen LogP contribution is 2.40. The highest BCUT2D eigenvalue weighted by Gasteiger charge is 2.50. The number of ether oxygens (including phenoxy) is 2.